The van der Waals surface area contributed by atoms with Crippen molar-refractivity contribution in [3.8, 4) is 0 Å². The molecule has 0 aliphatic carbocycles. The molecule has 0 radical (unpaired) electrons. The third kappa shape index (κ3) is 5.05. The maximum absolute atomic E-state index is 14.1. The molecule has 1 aromatic rings. The van der Waals surface area contributed by atoms with Gasteiger partial charge in [-0.1, -0.05) is 31.5 Å². The molecule has 21 heavy (non-hydrogen) atoms. The van der Waals surface area contributed by atoms with E-state index in [1.807, 2.05) is 29.6 Å². The van der Waals surface area contributed by atoms with Crippen LogP contribution in [-0.4, -0.2) is 34.6 Å². The molecule has 1 fully saturated rings. The third-order valence-corrected chi connectivity index (χ3v) is 7.23. The maximum Gasteiger partial charge on any atom is 0.127 e. The fraction of sp³-hybridized carbons (Fsp3) is 0.625. The second kappa shape index (κ2) is 8.66. The van der Waals surface area contributed by atoms with E-state index in [0.717, 1.165) is 24.9 Å². The van der Waals surface area contributed by atoms with Gasteiger partial charge in [0, 0.05) is 33.1 Å². The Kier molecular flexibility index (Phi) is 7.20. The lowest BCUT2D eigenvalue weighted by Crippen LogP contribution is -2.46. The summed E-state index contributed by atoms with van der Waals surface area (Å²) in [6.07, 6.45) is 1.82. The molecule has 0 spiro atoms. The molecule has 0 saturated carbocycles. The summed E-state index contributed by atoms with van der Waals surface area (Å²) in [4.78, 5) is 0. The SMILES string of the molecule is CCCNC(Cc1ccc(Cl)cc1F)C1SCCSC1C. The summed E-state index contributed by atoms with van der Waals surface area (Å²) in [5.41, 5.74) is 0.761. The molecule has 1 N–H and O–H groups in total. The van der Waals surface area contributed by atoms with Gasteiger partial charge in [-0.3, -0.25) is 0 Å². The number of halogens is 2. The predicted molar refractivity (Wildman–Crippen MR) is 95.4 cm³/mol. The average molecular weight is 348 g/mol. The molecule has 1 saturated heterocycles. The first-order valence-electron chi connectivity index (χ1n) is 7.52. The Bertz CT molecular complexity index is 458. The van der Waals surface area contributed by atoms with Gasteiger partial charge in [0.05, 0.1) is 0 Å². The Balaban J connectivity index is 2.11. The van der Waals surface area contributed by atoms with E-state index in [4.69, 9.17) is 11.6 Å². The second-order valence-corrected chi connectivity index (χ2v) is 8.62. The number of benzene rings is 1. The molecular weight excluding hydrogens is 325 g/mol. The van der Waals surface area contributed by atoms with E-state index in [1.165, 1.54) is 17.6 Å². The van der Waals surface area contributed by atoms with Gasteiger partial charge in [0.15, 0.2) is 0 Å². The van der Waals surface area contributed by atoms with Gasteiger partial charge in [-0.05, 0) is 37.1 Å². The molecule has 2 rings (SSSR count). The van der Waals surface area contributed by atoms with Gasteiger partial charge in [-0.2, -0.15) is 23.5 Å². The molecule has 1 nitrogen and oxygen atoms in total. The van der Waals surface area contributed by atoms with Crippen molar-refractivity contribution in [3.63, 3.8) is 0 Å². The lowest BCUT2D eigenvalue weighted by molar-refractivity contribution is 0.476. The van der Waals surface area contributed by atoms with E-state index in [1.54, 1.807) is 6.07 Å². The summed E-state index contributed by atoms with van der Waals surface area (Å²) < 4.78 is 14.1. The Morgan fingerprint density at radius 2 is 2.14 bits per heavy atom. The van der Waals surface area contributed by atoms with Crippen molar-refractivity contribution in [3.05, 3.63) is 34.6 Å². The monoisotopic (exact) mass is 347 g/mol. The zero-order chi connectivity index (χ0) is 15.2. The number of thioether (sulfide) groups is 2. The third-order valence-electron chi connectivity index (χ3n) is 3.75. The fourth-order valence-electron chi connectivity index (χ4n) is 2.65. The molecule has 118 valence electrons. The molecule has 1 aromatic carbocycles. The normalized spacial score (nSPS) is 24.0. The summed E-state index contributed by atoms with van der Waals surface area (Å²) in [5, 5.41) is 5.23. The predicted octanol–water partition coefficient (Wildman–Crippen LogP) is 4.63. The highest BCUT2D eigenvalue weighted by Gasteiger charge is 2.30. The van der Waals surface area contributed by atoms with E-state index < -0.39 is 0 Å². The van der Waals surface area contributed by atoms with E-state index >= 15 is 0 Å². The van der Waals surface area contributed by atoms with Crippen LogP contribution in [0.2, 0.25) is 5.02 Å². The summed E-state index contributed by atoms with van der Waals surface area (Å²) in [6.45, 7) is 5.44. The minimum Gasteiger partial charge on any atom is -0.313 e. The highest BCUT2D eigenvalue weighted by Crippen LogP contribution is 2.34. The van der Waals surface area contributed by atoms with Crippen LogP contribution in [-0.2, 0) is 6.42 Å². The van der Waals surface area contributed by atoms with Crippen molar-refractivity contribution < 1.29 is 4.39 Å². The van der Waals surface area contributed by atoms with Crippen LogP contribution in [0.1, 0.15) is 25.8 Å². The maximum atomic E-state index is 14.1. The van der Waals surface area contributed by atoms with Crippen molar-refractivity contribution >= 4 is 35.1 Å². The van der Waals surface area contributed by atoms with Crippen molar-refractivity contribution in [1.82, 2.24) is 5.32 Å². The first kappa shape index (κ1) is 17.5. The summed E-state index contributed by atoms with van der Waals surface area (Å²) in [6, 6.07) is 5.33. The van der Waals surface area contributed by atoms with E-state index in [0.29, 0.717) is 21.6 Å². The zero-order valence-corrected chi connectivity index (χ0v) is 15.0. The molecule has 1 aliphatic heterocycles. The van der Waals surface area contributed by atoms with Crippen molar-refractivity contribution in [2.75, 3.05) is 18.1 Å². The van der Waals surface area contributed by atoms with Gasteiger partial charge in [-0.15, -0.1) is 0 Å². The largest absolute Gasteiger partial charge is 0.313 e. The average Bonchev–Trinajstić information content (AvgIpc) is 2.46. The number of nitrogens with one attached hydrogen (secondary N) is 1. The smallest absolute Gasteiger partial charge is 0.127 e. The molecule has 3 unspecified atom stereocenters. The zero-order valence-electron chi connectivity index (χ0n) is 12.6. The van der Waals surface area contributed by atoms with Crippen LogP contribution in [0.3, 0.4) is 0 Å². The summed E-state index contributed by atoms with van der Waals surface area (Å²) >= 11 is 9.90. The molecule has 0 aromatic heterocycles. The van der Waals surface area contributed by atoms with Crippen molar-refractivity contribution in [1.29, 1.82) is 0 Å². The Morgan fingerprint density at radius 1 is 1.38 bits per heavy atom. The second-order valence-electron chi connectivity index (χ2n) is 5.41. The van der Waals surface area contributed by atoms with E-state index in [9.17, 15) is 4.39 Å². The first-order chi connectivity index (χ1) is 10.1. The van der Waals surface area contributed by atoms with Crippen LogP contribution >= 0.6 is 35.1 Å². The van der Waals surface area contributed by atoms with Gasteiger partial charge in [0.25, 0.3) is 0 Å². The molecule has 1 aliphatic rings. The Labute approximate surface area is 140 Å². The lowest BCUT2D eigenvalue weighted by atomic mass is 10.0. The number of rotatable bonds is 6. The quantitative estimate of drug-likeness (QED) is 0.806. The number of hydrogen-bond donors (Lipinski definition) is 1. The van der Waals surface area contributed by atoms with E-state index in [2.05, 4.69) is 19.2 Å². The van der Waals surface area contributed by atoms with Crippen LogP contribution in [0.5, 0.6) is 0 Å². The molecular formula is C16H23ClFNS2. The molecule has 3 atom stereocenters. The van der Waals surface area contributed by atoms with Gasteiger partial charge >= 0.3 is 0 Å². The molecule has 0 bridgehead atoms. The van der Waals surface area contributed by atoms with Crippen LogP contribution in [0.4, 0.5) is 4.39 Å². The van der Waals surface area contributed by atoms with Gasteiger partial charge in [0.2, 0.25) is 0 Å². The standard InChI is InChI=1S/C16H23ClFNS2/c1-3-6-19-15(16-11(2)20-7-8-21-16)9-12-4-5-13(17)10-14(12)18/h4-5,10-11,15-16,19H,3,6-9H2,1-2H3. The van der Waals surface area contributed by atoms with E-state index in [-0.39, 0.29) is 5.82 Å². The van der Waals surface area contributed by atoms with Crippen LogP contribution in [0, 0.1) is 5.82 Å². The minimum absolute atomic E-state index is 0.188. The number of hydrogen-bond acceptors (Lipinski definition) is 3. The molecule has 5 heteroatoms. The van der Waals surface area contributed by atoms with Gasteiger partial charge in [-0.25, -0.2) is 4.39 Å². The Hall–Kier alpha value is 0.1000. The highest BCUT2D eigenvalue weighted by atomic mass is 35.5. The Morgan fingerprint density at radius 3 is 2.81 bits per heavy atom. The van der Waals surface area contributed by atoms with Crippen LogP contribution < -0.4 is 5.32 Å². The summed E-state index contributed by atoms with van der Waals surface area (Å²) in [5.74, 6) is 2.22. The van der Waals surface area contributed by atoms with Crippen LogP contribution in [0.25, 0.3) is 0 Å². The molecule has 0 amide bonds. The van der Waals surface area contributed by atoms with Gasteiger partial charge < -0.3 is 5.32 Å². The topological polar surface area (TPSA) is 12.0 Å². The van der Waals surface area contributed by atoms with Gasteiger partial charge in [0.1, 0.15) is 5.82 Å². The fourth-order valence-corrected chi connectivity index (χ4v) is 5.77. The lowest BCUT2D eigenvalue weighted by Gasteiger charge is -2.35. The minimum atomic E-state index is -0.188. The van der Waals surface area contributed by atoms with Crippen LogP contribution in [0.15, 0.2) is 18.2 Å². The first-order valence-corrected chi connectivity index (χ1v) is 10.00. The van der Waals surface area contributed by atoms with Crippen molar-refractivity contribution in [2.24, 2.45) is 0 Å². The molecule has 1 heterocycles. The highest BCUT2D eigenvalue weighted by molar-refractivity contribution is 8.07. The van der Waals surface area contributed by atoms with Crippen molar-refractivity contribution in [2.45, 2.75) is 43.2 Å². The summed E-state index contributed by atoms with van der Waals surface area (Å²) in [7, 11) is 0.